The van der Waals surface area contributed by atoms with E-state index >= 15 is 0 Å². The number of anilines is 1. The first kappa shape index (κ1) is 14.4. The molecule has 0 heterocycles. The third-order valence-corrected chi connectivity index (χ3v) is 3.13. The second-order valence-corrected chi connectivity index (χ2v) is 5.11. The number of ether oxygens (including phenoxy) is 1. The maximum Gasteiger partial charge on any atom is 0.279 e. The second kappa shape index (κ2) is 6.96. The fraction of sp³-hybridized carbons (Fsp3) is 0.133. The Labute approximate surface area is 126 Å². The van der Waals surface area contributed by atoms with Crippen molar-refractivity contribution in [3.05, 3.63) is 59.1 Å². The monoisotopic (exact) mass is 334 g/mol. The van der Waals surface area contributed by atoms with Crippen LogP contribution in [0.2, 0.25) is 0 Å². The van der Waals surface area contributed by atoms with Crippen molar-refractivity contribution in [1.82, 2.24) is 5.43 Å². The third kappa shape index (κ3) is 4.28. The number of hydrazine groups is 1. The molecule has 0 spiro atoms. The number of carbonyl (C=O) groups is 1. The minimum atomic E-state index is -0.590. The van der Waals surface area contributed by atoms with Crippen LogP contribution in [0.3, 0.4) is 0 Å². The van der Waals surface area contributed by atoms with Gasteiger partial charge in [-0.05, 0) is 43.3 Å². The smallest absolute Gasteiger partial charge is 0.279 e. The Hall–Kier alpha value is -2.01. The van der Waals surface area contributed by atoms with Gasteiger partial charge < -0.3 is 4.74 Å². The van der Waals surface area contributed by atoms with Gasteiger partial charge in [0.25, 0.3) is 5.91 Å². The molecule has 0 aliphatic heterocycles. The number of halogens is 1. The van der Waals surface area contributed by atoms with Crippen LogP contribution in [0, 0.1) is 0 Å². The number of para-hydroxylation sites is 1. The molecule has 2 aromatic carbocycles. The molecule has 104 valence electrons. The summed E-state index contributed by atoms with van der Waals surface area (Å²) >= 11 is 3.35. The third-order valence-electron chi connectivity index (χ3n) is 2.60. The fourth-order valence-electron chi connectivity index (χ4n) is 1.53. The zero-order chi connectivity index (χ0) is 14.4. The molecule has 0 fully saturated rings. The summed E-state index contributed by atoms with van der Waals surface area (Å²) < 4.78 is 6.51. The molecule has 2 aromatic rings. The highest BCUT2D eigenvalue weighted by atomic mass is 79.9. The van der Waals surface area contributed by atoms with E-state index in [4.69, 9.17) is 4.74 Å². The predicted molar refractivity (Wildman–Crippen MR) is 82.4 cm³/mol. The molecular formula is C15H15BrN2O2. The predicted octanol–water partition coefficient (Wildman–Crippen LogP) is 3.36. The molecule has 1 atom stereocenters. The van der Waals surface area contributed by atoms with Crippen molar-refractivity contribution in [2.45, 2.75) is 13.0 Å². The molecule has 20 heavy (non-hydrogen) atoms. The minimum absolute atomic E-state index is 0.239. The van der Waals surface area contributed by atoms with Crippen molar-refractivity contribution in [2.24, 2.45) is 0 Å². The van der Waals surface area contributed by atoms with Crippen LogP contribution < -0.4 is 15.6 Å². The molecule has 0 aromatic heterocycles. The van der Waals surface area contributed by atoms with Crippen LogP contribution in [0.1, 0.15) is 6.92 Å². The van der Waals surface area contributed by atoms with E-state index in [-0.39, 0.29) is 5.91 Å². The van der Waals surface area contributed by atoms with Crippen molar-refractivity contribution in [3.8, 4) is 5.75 Å². The molecule has 1 unspecified atom stereocenters. The van der Waals surface area contributed by atoms with E-state index in [2.05, 4.69) is 26.8 Å². The lowest BCUT2D eigenvalue weighted by Gasteiger charge is -2.15. The summed E-state index contributed by atoms with van der Waals surface area (Å²) in [7, 11) is 0. The lowest BCUT2D eigenvalue weighted by atomic mass is 10.3. The number of hydrogen-bond donors (Lipinski definition) is 2. The van der Waals surface area contributed by atoms with E-state index in [9.17, 15) is 4.79 Å². The van der Waals surface area contributed by atoms with Crippen LogP contribution >= 0.6 is 15.9 Å². The highest BCUT2D eigenvalue weighted by Gasteiger charge is 2.14. The number of carbonyl (C=O) groups excluding carboxylic acids is 1. The Morgan fingerprint density at radius 3 is 2.40 bits per heavy atom. The highest BCUT2D eigenvalue weighted by molar-refractivity contribution is 9.10. The van der Waals surface area contributed by atoms with Crippen LogP contribution in [-0.4, -0.2) is 12.0 Å². The van der Waals surface area contributed by atoms with Crippen LogP contribution in [0.5, 0.6) is 5.75 Å². The van der Waals surface area contributed by atoms with Crippen LogP contribution in [0.15, 0.2) is 59.1 Å². The van der Waals surface area contributed by atoms with Gasteiger partial charge >= 0.3 is 0 Å². The normalized spacial score (nSPS) is 11.5. The first-order valence-electron chi connectivity index (χ1n) is 6.18. The maximum atomic E-state index is 11.9. The standard InChI is InChI=1S/C15H15BrN2O2/c1-11(20-14-9-7-12(16)8-10-14)15(19)18-17-13-5-3-2-4-6-13/h2-11,17H,1H3,(H,18,19). The van der Waals surface area contributed by atoms with Gasteiger partial charge in [0.1, 0.15) is 5.75 Å². The zero-order valence-electron chi connectivity index (χ0n) is 11.0. The SMILES string of the molecule is CC(Oc1ccc(Br)cc1)C(=O)NNc1ccccc1. The first-order valence-corrected chi connectivity index (χ1v) is 6.97. The van der Waals surface area contributed by atoms with Crippen molar-refractivity contribution in [3.63, 3.8) is 0 Å². The summed E-state index contributed by atoms with van der Waals surface area (Å²) in [5.41, 5.74) is 6.26. The van der Waals surface area contributed by atoms with Crippen LogP contribution in [-0.2, 0) is 4.79 Å². The Morgan fingerprint density at radius 1 is 1.10 bits per heavy atom. The lowest BCUT2D eigenvalue weighted by Crippen LogP contribution is -2.39. The largest absolute Gasteiger partial charge is 0.481 e. The first-order chi connectivity index (χ1) is 9.65. The molecule has 2 rings (SSSR count). The second-order valence-electron chi connectivity index (χ2n) is 4.19. The molecule has 0 saturated heterocycles. The van der Waals surface area contributed by atoms with E-state index in [1.807, 2.05) is 42.5 Å². The van der Waals surface area contributed by atoms with Gasteiger partial charge in [-0.3, -0.25) is 15.6 Å². The number of nitrogens with one attached hydrogen (secondary N) is 2. The summed E-state index contributed by atoms with van der Waals surface area (Å²) in [6.45, 7) is 1.70. The fourth-order valence-corrected chi connectivity index (χ4v) is 1.79. The highest BCUT2D eigenvalue weighted by Crippen LogP contribution is 2.17. The maximum absolute atomic E-state index is 11.9. The van der Waals surface area contributed by atoms with Gasteiger partial charge in [0.15, 0.2) is 6.10 Å². The van der Waals surface area contributed by atoms with Gasteiger partial charge in [0.2, 0.25) is 0 Å². The molecule has 5 heteroatoms. The summed E-state index contributed by atoms with van der Waals surface area (Å²) in [5.74, 6) is 0.410. The molecule has 0 radical (unpaired) electrons. The van der Waals surface area contributed by atoms with Gasteiger partial charge in [0.05, 0.1) is 5.69 Å². The van der Waals surface area contributed by atoms with Gasteiger partial charge in [-0.15, -0.1) is 0 Å². The molecule has 0 bridgehead atoms. The number of rotatable bonds is 5. The van der Waals surface area contributed by atoms with Crippen LogP contribution in [0.4, 0.5) is 5.69 Å². The Balaban J connectivity index is 1.84. The number of benzene rings is 2. The van der Waals surface area contributed by atoms with Crippen molar-refractivity contribution in [1.29, 1.82) is 0 Å². The molecular weight excluding hydrogens is 320 g/mol. The molecule has 0 saturated carbocycles. The van der Waals surface area contributed by atoms with Gasteiger partial charge in [0, 0.05) is 4.47 Å². The van der Waals surface area contributed by atoms with E-state index in [1.165, 1.54) is 0 Å². The summed E-state index contributed by atoms with van der Waals surface area (Å²) in [5, 5.41) is 0. The lowest BCUT2D eigenvalue weighted by molar-refractivity contribution is -0.126. The summed E-state index contributed by atoms with van der Waals surface area (Å²) in [6, 6.07) is 16.7. The average Bonchev–Trinajstić information content (AvgIpc) is 2.48. The van der Waals surface area contributed by atoms with Crippen molar-refractivity contribution in [2.75, 3.05) is 5.43 Å². The van der Waals surface area contributed by atoms with Gasteiger partial charge in [-0.2, -0.15) is 0 Å². The average molecular weight is 335 g/mol. The zero-order valence-corrected chi connectivity index (χ0v) is 12.6. The quantitative estimate of drug-likeness (QED) is 0.824. The van der Waals surface area contributed by atoms with E-state index in [1.54, 1.807) is 19.1 Å². The van der Waals surface area contributed by atoms with Crippen molar-refractivity contribution < 1.29 is 9.53 Å². The van der Waals surface area contributed by atoms with Gasteiger partial charge in [-0.25, -0.2) is 0 Å². The molecule has 0 aliphatic rings. The van der Waals surface area contributed by atoms with Gasteiger partial charge in [-0.1, -0.05) is 34.1 Å². The topological polar surface area (TPSA) is 50.4 Å². The Bertz CT molecular complexity index is 558. The minimum Gasteiger partial charge on any atom is -0.481 e. The molecule has 0 aliphatic carbocycles. The Morgan fingerprint density at radius 2 is 1.75 bits per heavy atom. The molecule has 2 N–H and O–H groups in total. The number of amides is 1. The molecule has 1 amide bonds. The van der Waals surface area contributed by atoms with E-state index in [0.717, 1.165) is 10.2 Å². The molecule has 4 nitrogen and oxygen atoms in total. The Kier molecular flexibility index (Phi) is 5.01. The van der Waals surface area contributed by atoms with E-state index in [0.29, 0.717) is 5.75 Å². The van der Waals surface area contributed by atoms with E-state index < -0.39 is 6.10 Å². The number of hydrogen-bond acceptors (Lipinski definition) is 3. The summed E-state index contributed by atoms with van der Waals surface area (Å²) in [6.07, 6.45) is -0.590. The summed E-state index contributed by atoms with van der Waals surface area (Å²) in [4.78, 5) is 11.9. The van der Waals surface area contributed by atoms with Crippen molar-refractivity contribution >= 4 is 27.5 Å². The van der Waals surface area contributed by atoms with Crippen LogP contribution in [0.25, 0.3) is 0 Å².